The van der Waals surface area contributed by atoms with Crippen molar-refractivity contribution in [2.45, 2.75) is 31.7 Å². The smallest absolute Gasteiger partial charge is 0.122 e. The molecule has 2 heteroatoms. The van der Waals surface area contributed by atoms with E-state index in [4.69, 9.17) is 4.74 Å². The van der Waals surface area contributed by atoms with Crippen LogP contribution in [0.5, 0.6) is 5.75 Å². The Balaban J connectivity index is 2.21. The van der Waals surface area contributed by atoms with Crippen molar-refractivity contribution in [2.24, 2.45) is 0 Å². The number of nitrogens with one attached hydrogen (secondary N) is 1. The van der Waals surface area contributed by atoms with Crippen molar-refractivity contribution in [3.63, 3.8) is 0 Å². The van der Waals surface area contributed by atoms with Gasteiger partial charge in [0.2, 0.25) is 0 Å². The third-order valence-electron chi connectivity index (χ3n) is 3.53. The summed E-state index contributed by atoms with van der Waals surface area (Å²) < 4.78 is 5.33. The minimum Gasteiger partial charge on any atom is -0.496 e. The van der Waals surface area contributed by atoms with Crippen LogP contribution in [0.25, 0.3) is 0 Å². The molecule has 0 saturated heterocycles. The Bertz CT molecular complexity index is 356. The van der Waals surface area contributed by atoms with E-state index in [2.05, 4.69) is 31.4 Å². The summed E-state index contributed by atoms with van der Waals surface area (Å²) in [6.07, 6.45) is 3.70. The van der Waals surface area contributed by atoms with Crippen LogP contribution in [0.15, 0.2) is 18.2 Å². The van der Waals surface area contributed by atoms with Gasteiger partial charge in [0.15, 0.2) is 0 Å². The van der Waals surface area contributed by atoms with Crippen molar-refractivity contribution >= 4 is 0 Å². The van der Waals surface area contributed by atoms with Gasteiger partial charge in [0.25, 0.3) is 0 Å². The van der Waals surface area contributed by atoms with Gasteiger partial charge in [0.1, 0.15) is 5.75 Å². The van der Waals surface area contributed by atoms with Crippen LogP contribution in [0.3, 0.4) is 0 Å². The number of rotatable bonds is 4. The number of hydrogen-bond donors (Lipinski definition) is 1. The Morgan fingerprint density at radius 3 is 2.67 bits per heavy atom. The molecule has 0 heterocycles. The lowest BCUT2D eigenvalue weighted by molar-refractivity contribution is 0.410. The van der Waals surface area contributed by atoms with Crippen molar-refractivity contribution in [1.82, 2.24) is 5.32 Å². The van der Waals surface area contributed by atoms with Crippen molar-refractivity contribution in [3.8, 4) is 5.75 Å². The number of likely N-dealkylation sites (N-methyl/N-ethyl adjacent to an activating group) is 1. The molecular weight excluding hydrogens is 186 g/mol. The van der Waals surface area contributed by atoms with Gasteiger partial charge in [-0.15, -0.1) is 0 Å². The fourth-order valence-corrected chi connectivity index (χ4v) is 2.10. The van der Waals surface area contributed by atoms with Gasteiger partial charge in [0, 0.05) is 5.54 Å². The first-order valence-electron chi connectivity index (χ1n) is 5.52. The van der Waals surface area contributed by atoms with Crippen LogP contribution in [-0.2, 0) is 6.42 Å². The van der Waals surface area contributed by atoms with Gasteiger partial charge in [0.05, 0.1) is 7.11 Å². The van der Waals surface area contributed by atoms with E-state index in [-0.39, 0.29) is 0 Å². The minimum atomic E-state index is 0.372. The van der Waals surface area contributed by atoms with Gasteiger partial charge < -0.3 is 10.1 Å². The van der Waals surface area contributed by atoms with Gasteiger partial charge in [-0.25, -0.2) is 0 Å². The van der Waals surface area contributed by atoms with Crippen molar-refractivity contribution in [1.29, 1.82) is 0 Å². The number of methoxy groups -OCH3 is 1. The van der Waals surface area contributed by atoms with E-state index in [1.807, 2.05) is 6.07 Å². The fraction of sp³-hybridized carbons (Fsp3) is 0.538. The second kappa shape index (κ2) is 3.86. The molecule has 0 aliphatic heterocycles. The molecule has 1 aliphatic rings. The molecule has 0 unspecified atom stereocenters. The molecule has 1 fully saturated rings. The predicted octanol–water partition coefficient (Wildman–Crippen LogP) is 2.30. The van der Waals surface area contributed by atoms with Gasteiger partial charge >= 0.3 is 0 Å². The van der Waals surface area contributed by atoms with Gasteiger partial charge in [-0.2, -0.15) is 0 Å². The maximum absolute atomic E-state index is 5.33. The Labute approximate surface area is 91.6 Å². The summed E-state index contributed by atoms with van der Waals surface area (Å²) in [6.45, 7) is 2.14. The highest BCUT2D eigenvalue weighted by molar-refractivity contribution is 5.40. The number of hydrogen-bond acceptors (Lipinski definition) is 2. The Hall–Kier alpha value is -1.02. The second-order valence-corrected chi connectivity index (χ2v) is 4.45. The highest BCUT2D eigenvalue weighted by atomic mass is 16.5. The van der Waals surface area contributed by atoms with Gasteiger partial charge in [-0.3, -0.25) is 0 Å². The Morgan fingerprint density at radius 2 is 2.13 bits per heavy atom. The lowest BCUT2D eigenvalue weighted by Crippen LogP contribution is -2.29. The number of ether oxygens (including phenoxy) is 1. The van der Waals surface area contributed by atoms with Crippen LogP contribution in [0.1, 0.15) is 24.0 Å². The maximum atomic E-state index is 5.33. The van der Waals surface area contributed by atoms with Crippen molar-refractivity contribution in [3.05, 3.63) is 29.3 Å². The second-order valence-electron chi connectivity index (χ2n) is 4.45. The SMILES string of the molecule is CNC1(Cc2cccc(OC)c2C)CC1. The first-order valence-corrected chi connectivity index (χ1v) is 5.52. The summed E-state index contributed by atoms with van der Waals surface area (Å²) in [6, 6.07) is 6.31. The van der Waals surface area contributed by atoms with E-state index >= 15 is 0 Å². The standard InChI is InChI=1S/C13H19NO/c1-10-11(5-4-6-12(10)15-3)9-13(14-2)7-8-13/h4-6,14H,7-9H2,1-3H3. The molecule has 0 radical (unpaired) electrons. The van der Waals surface area contributed by atoms with Crippen LogP contribution in [-0.4, -0.2) is 19.7 Å². The molecule has 82 valence electrons. The van der Waals surface area contributed by atoms with E-state index in [0.29, 0.717) is 5.54 Å². The zero-order valence-electron chi connectivity index (χ0n) is 9.76. The molecule has 15 heavy (non-hydrogen) atoms. The molecule has 2 nitrogen and oxygen atoms in total. The largest absolute Gasteiger partial charge is 0.496 e. The molecule has 1 saturated carbocycles. The van der Waals surface area contributed by atoms with Crippen molar-refractivity contribution < 1.29 is 4.74 Å². The topological polar surface area (TPSA) is 21.3 Å². The Morgan fingerprint density at radius 1 is 1.40 bits per heavy atom. The molecule has 2 rings (SSSR count). The van der Waals surface area contributed by atoms with Crippen LogP contribution in [0.4, 0.5) is 0 Å². The molecule has 1 aliphatic carbocycles. The van der Waals surface area contributed by atoms with E-state index in [9.17, 15) is 0 Å². The normalized spacial score (nSPS) is 17.5. The molecule has 0 amide bonds. The summed E-state index contributed by atoms with van der Waals surface area (Å²) >= 11 is 0. The third kappa shape index (κ3) is 2.00. The molecule has 1 aromatic carbocycles. The van der Waals surface area contributed by atoms with E-state index in [1.165, 1.54) is 24.0 Å². The Kier molecular flexibility index (Phi) is 2.70. The maximum Gasteiger partial charge on any atom is 0.122 e. The van der Waals surface area contributed by atoms with E-state index in [1.54, 1.807) is 7.11 Å². The first-order chi connectivity index (χ1) is 7.21. The van der Waals surface area contributed by atoms with E-state index < -0.39 is 0 Å². The van der Waals surface area contributed by atoms with Gasteiger partial charge in [-0.05, 0) is 50.4 Å². The fourth-order valence-electron chi connectivity index (χ4n) is 2.10. The molecule has 0 bridgehead atoms. The molecule has 1 aromatic rings. The van der Waals surface area contributed by atoms with Crippen LogP contribution in [0.2, 0.25) is 0 Å². The highest BCUT2D eigenvalue weighted by Gasteiger charge is 2.41. The monoisotopic (exact) mass is 205 g/mol. The zero-order valence-corrected chi connectivity index (χ0v) is 9.76. The van der Waals surface area contributed by atoms with Crippen LogP contribution in [0, 0.1) is 6.92 Å². The molecular formula is C13H19NO. The predicted molar refractivity (Wildman–Crippen MR) is 62.5 cm³/mol. The lowest BCUT2D eigenvalue weighted by atomic mass is 9.99. The summed E-state index contributed by atoms with van der Waals surface area (Å²) in [5.41, 5.74) is 3.06. The van der Waals surface area contributed by atoms with E-state index in [0.717, 1.165) is 12.2 Å². The zero-order chi connectivity index (χ0) is 10.9. The van der Waals surface area contributed by atoms with Crippen LogP contribution >= 0.6 is 0 Å². The molecule has 0 spiro atoms. The average molecular weight is 205 g/mol. The molecule has 1 N–H and O–H groups in total. The third-order valence-corrected chi connectivity index (χ3v) is 3.53. The van der Waals surface area contributed by atoms with Gasteiger partial charge in [-0.1, -0.05) is 12.1 Å². The summed E-state index contributed by atoms with van der Waals surface area (Å²) in [4.78, 5) is 0. The first kappa shape index (κ1) is 10.5. The molecule has 0 aromatic heterocycles. The summed E-state index contributed by atoms with van der Waals surface area (Å²) in [7, 11) is 3.79. The lowest BCUT2D eigenvalue weighted by Gasteiger charge is -2.17. The minimum absolute atomic E-state index is 0.372. The quantitative estimate of drug-likeness (QED) is 0.814. The summed E-state index contributed by atoms with van der Waals surface area (Å²) in [5.74, 6) is 0.999. The average Bonchev–Trinajstić information content (AvgIpc) is 3.02. The highest BCUT2D eigenvalue weighted by Crippen LogP contribution is 2.39. The summed E-state index contributed by atoms with van der Waals surface area (Å²) in [5, 5.41) is 3.42. The van der Waals surface area contributed by atoms with Crippen molar-refractivity contribution in [2.75, 3.05) is 14.2 Å². The van der Waals surface area contributed by atoms with Crippen LogP contribution < -0.4 is 10.1 Å². The molecule has 0 atom stereocenters. The number of benzene rings is 1.